The fraction of sp³-hybridized carbons (Fsp3) is 0.917. The number of carbonyl (C=O) groups is 1. The van der Waals surface area contributed by atoms with Crippen molar-refractivity contribution in [2.24, 2.45) is 5.92 Å². The Morgan fingerprint density at radius 2 is 1.73 bits per heavy atom. The molecule has 0 rings (SSSR count). The third kappa shape index (κ3) is 8.73. The Balaban J connectivity index is 3.41. The highest BCUT2D eigenvalue weighted by atomic mass is 35.5. The minimum absolute atomic E-state index is 0.339. The fourth-order valence-electron chi connectivity index (χ4n) is 1.68. The van der Waals surface area contributed by atoms with Gasteiger partial charge in [-0.2, -0.15) is 0 Å². The van der Waals surface area contributed by atoms with Crippen molar-refractivity contribution in [3.05, 3.63) is 0 Å². The zero-order valence-electron chi connectivity index (χ0n) is 9.64. The minimum Gasteiger partial charge on any atom is -0.550 e. The van der Waals surface area contributed by atoms with E-state index in [4.69, 9.17) is 11.6 Å². The Hall–Kier alpha value is -0.240. The summed E-state index contributed by atoms with van der Waals surface area (Å²) in [6.45, 7) is 2.19. The first kappa shape index (κ1) is 14.8. The lowest BCUT2D eigenvalue weighted by Gasteiger charge is -2.16. The molecule has 2 nitrogen and oxygen atoms in total. The molecular formula is C12H22ClO2-. The molecule has 0 fully saturated rings. The molecule has 0 N–H and O–H groups in total. The highest BCUT2D eigenvalue weighted by Gasteiger charge is 2.08. The Kier molecular flexibility index (Phi) is 10.1. The van der Waals surface area contributed by atoms with E-state index in [9.17, 15) is 9.90 Å². The van der Waals surface area contributed by atoms with Crippen LogP contribution in [0, 0.1) is 5.92 Å². The van der Waals surface area contributed by atoms with Crippen LogP contribution >= 0.6 is 11.6 Å². The first-order valence-electron chi connectivity index (χ1n) is 5.99. The van der Waals surface area contributed by atoms with E-state index >= 15 is 0 Å². The molecule has 0 radical (unpaired) electrons. The number of hydrogen-bond acceptors (Lipinski definition) is 2. The fourth-order valence-corrected chi connectivity index (χ4v) is 1.95. The number of carboxylic acid groups (broad SMARTS) is 1. The van der Waals surface area contributed by atoms with Gasteiger partial charge >= 0.3 is 0 Å². The van der Waals surface area contributed by atoms with Crippen molar-refractivity contribution in [2.45, 2.75) is 58.3 Å². The van der Waals surface area contributed by atoms with Crippen LogP contribution in [0.4, 0.5) is 0 Å². The first-order valence-corrected chi connectivity index (χ1v) is 6.52. The predicted octanol–water partition coefficient (Wildman–Crippen LogP) is 2.73. The summed E-state index contributed by atoms with van der Waals surface area (Å²) < 4.78 is 0. The standard InChI is InChI=1S/C12H23ClO2/c1-2-3-4-5-6-7-8-11(9-10-13)12(14)15/h11H,2-10H2,1H3,(H,14,15)/p-1. The van der Waals surface area contributed by atoms with Crippen molar-refractivity contribution < 1.29 is 9.90 Å². The number of carbonyl (C=O) groups excluding carboxylic acids is 1. The van der Waals surface area contributed by atoms with Crippen molar-refractivity contribution >= 4 is 17.6 Å². The van der Waals surface area contributed by atoms with Crippen molar-refractivity contribution in [3.63, 3.8) is 0 Å². The molecule has 1 atom stereocenters. The summed E-state index contributed by atoms with van der Waals surface area (Å²) in [5.74, 6) is -0.869. The average Bonchev–Trinajstić information content (AvgIpc) is 2.21. The molecule has 0 bridgehead atoms. The second-order valence-electron chi connectivity index (χ2n) is 4.05. The molecule has 0 saturated heterocycles. The van der Waals surface area contributed by atoms with E-state index in [-0.39, 0.29) is 5.92 Å². The molecule has 1 unspecified atom stereocenters. The van der Waals surface area contributed by atoms with Crippen LogP contribution in [0.25, 0.3) is 0 Å². The van der Waals surface area contributed by atoms with Gasteiger partial charge in [0, 0.05) is 11.8 Å². The summed E-state index contributed by atoms with van der Waals surface area (Å²) in [6, 6.07) is 0. The summed E-state index contributed by atoms with van der Waals surface area (Å²) in [5.41, 5.74) is 0. The zero-order chi connectivity index (χ0) is 11.5. The highest BCUT2D eigenvalue weighted by Crippen LogP contribution is 2.15. The third-order valence-electron chi connectivity index (χ3n) is 2.70. The average molecular weight is 234 g/mol. The molecule has 0 saturated carbocycles. The number of unbranched alkanes of at least 4 members (excludes halogenated alkanes) is 5. The summed E-state index contributed by atoms with van der Waals surface area (Å²) in [6.07, 6.45) is 8.39. The van der Waals surface area contributed by atoms with Crippen LogP contribution in [0.3, 0.4) is 0 Å². The molecule has 0 aliphatic heterocycles. The number of hydrogen-bond donors (Lipinski definition) is 0. The molecule has 0 aromatic rings. The Morgan fingerprint density at radius 1 is 1.13 bits per heavy atom. The van der Waals surface area contributed by atoms with Crippen LogP contribution in [-0.4, -0.2) is 11.8 Å². The molecular weight excluding hydrogens is 212 g/mol. The van der Waals surface area contributed by atoms with E-state index in [0.717, 1.165) is 19.3 Å². The lowest BCUT2D eigenvalue weighted by Crippen LogP contribution is -2.31. The minimum atomic E-state index is -0.941. The van der Waals surface area contributed by atoms with Crippen molar-refractivity contribution in [2.75, 3.05) is 5.88 Å². The number of halogens is 1. The molecule has 3 heteroatoms. The molecule has 90 valence electrons. The number of aliphatic carboxylic acids is 1. The quantitative estimate of drug-likeness (QED) is 0.430. The van der Waals surface area contributed by atoms with Crippen LogP contribution in [0.5, 0.6) is 0 Å². The van der Waals surface area contributed by atoms with Crippen LogP contribution in [0.1, 0.15) is 58.3 Å². The van der Waals surface area contributed by atoms with Gasteiger partial charge in [0.25, 0.3) is 0 Å². The number of carboxylic acids is 1. The Morgan fingerprint density at radius 3 is 2.27 bits per heavy atom. The van der Waals surface area contributed by atoms with Crippen LogP contribution in [0.15, 0.2) is 0 Å². The molecule has 0 aliphatic carbocycles. The van der Waals surface area contributed by atoms with Gasteiger partial charge in [-0.05, 0) is 18.8 Å². The van der Waals surface area contributed by atoms with Gasteiger partial charge in [-0.25, -0.2) is 0 Å². The van der Waals surface area contributed by atoms with Crippen LogP contribution in [-0.2, 0) is 4.79 Å². The van der Waals surface area contributed by atoms with E-state index in [1.165, 1.54) is 25.7 Å². The topological polar surface area (TPSA) is 40.1 Å². The molecule has 0 aliphatic rings. The first-order chi connectivity index (χ1) is 7.22. The van der Waals surface area contributed by atoms with E-state index < -0.39 is 5.97 Å². The van der Waals surface area contributed by atoms with E-state index in [1.54, 1.807) is 0 Å². The van der Waals surface area contributed by atoms with Crippen LogP contribution in [0.2, 0.25) is 0 Å². The molecule has 0 amide bonds. The monoisotopic (exact) mass is 233 g/mol. The van der Waals surface area contributed by atoms with Gasteiger partial charge in [0.05, 0.1) is 0 Å². The lowest BCUT2D eigenvalue weighted by molar-refractivity contribution is -0.311. The normalized spacial score (nSPS) is 12.7. The van der Waals surface area contributed by atoms with E-state index in [0.29, 0.717) is 12.3 Å². The number of rotatable bonds is 10. The van der Waals surface area contributed by atoms with Crippen molar-refractivity contribution in [1.82, 2.24) is 0 Å². The summed E-state index contributed by atoms with van der Waals surface area (Å²) in [5, 5.41) is 10.7. The lowest BCUT2D eigenvalue weighted by atomic mass is 9.98. The van der Waals surface area contributed by atoms with Gasteiger partial charge in [-0.1, -0.05) is 45.4 Å². The van der Waals surface area contributed by atoms with Gasteiger partial charge in [-0.15, -0.1) is 11.6 Å². The summed E-state index contributed by atoms with van der Waals surface area (Å²) in [7, 11) is 0. The van der Waals surface area contributed by atoms with E-state index in [1.807, 2.05) is 0 Å². The van der Waals surface area contributed by atoms with Gasteiger partial charge in [0.1, 0.15) is 0 Å². The van der Waals surface area contributed by atoms with Gasteiger partial charge in [0.2, 0.25) is 0 Å². The van der Waals surface area contributed by atoms with Crippen molar-refractivity contribution in [1.29, 1.82) is 0 Å². The van der Waals surface area contributed by atoms with Gasteiger partial charge in [0.15, 0.2) is 0 Å². The van der Waals surface area contributed by atoms with Gasteiger partial charge in [-0.3, -0.25) is 0 Å². The maximum absolute atomic E-state index is 10.7. The second kappa shape index (κ2) is 10.3. The predicted molar refractivity (Wildman–Crippen MR) is 61.8 cm³/mol. The van der Waals surface area contributed by atoms with Crippen LogP contribution < -0.4 is 5.11 Å². The van der Waals surface area contributed by atoms with Crippen molar-refractivity contribution in [3.8, 4) is 0 Å². The smallest absolute Gasteiger partial charge is 0.0445 e. The Bertz CT molecular complexity index is 160. The maximum atomic E-state index is 10.7. The zero-order valence-corrected chi connectivity index (χ0v) is 10.4. The molecule has 15 heavy (non-hydrogen) atoms. The summed E-state index contributed by atoms with van der Waals surface area (Å²) in [4.78, 5) is 10.7. The largest absolute Gasteiger partial charge is 0.550 e. The third-order valence-corrected chi connectivity index (χ3v) is 2.92. The molecule has 0 aromatic heterocycles. The summed E-state index contributed by atoms with van der Waals surface area (Å²) >= 11 is 5.53. The molecule has 0 aromatic carbocycles. The Labute approximate surface area is 98.0 Å². The highest BCUT2D eigenvalue weighted by molar-refractivity contribution is 6.17. The molecule has 0 spiro atoms. The SMILES string of the molecule is CCCCCCCCC(CCCl)C(=O)[O-]. The maximum Gasteiger partial charge on any atom is 0.0445 e. The molecule has 0 heterocycles. The van der Waals surface area contributed by atoms with E-state index in [2.05, 4.69) is 6.92 Å². The number of alkyl halides is 1. The second-order valence-corrected chi connectivity index (χ2v) is 4.43. The van der Waals surface area contributed by atoms with Gasteiger partial charge < -0.3 is 9.90 Å².